The minimum atomic E-state index is -1.12. The first-order valence-electron chi connectivity index (χ1n) is 10.1. The van der Waals surface area contributed by atoms with Crippen molar-refractivity contribution in [1.29, 1.82) is 0 Å². The second kappa shape index (κ2) is 8.03. The summed E-state index contributed by atoms with van der Waals surface area (Å²) in [6.07, 6.45) is 0.937. The van der Waals surface area contributed by atoms with E-state index in [9.17, 15) is 9.59 Å². The van der Waals surface area contributed by atoms with Crippen molar-refractivity contribution in [2.45, 2.75) is 5.92 Å². The number of carbonyl (C=O) groups excluding carboxylic acids is 1. The first kappa shape index (κ1) is 19.6. The molecule has 0 saturated carbocycles. The molecular formula is C25H19N3O4. The number of para-hydroxylation sites is 2. The van der Waals surface area contributed by atoms with E-state index in [0.29, 0.717) is 11.4 Å². The number of amides is 1. The Bertz CT molecular complexity index is 1280. The number of hydrogen-bond donors (Lipinski definition) is 2. The van der Waals surface area contributed by atoms with Crippen LogP contribution >= 0.6 is 0 Å². The summed E-state index contributed by atoms with van der Waals surface area (Å²) in [6, 6.07) is 24.7. The number of fused-ring (bicyclic) bond motifs is 3. The van der Waals surface area contributed by atoms with Gasteiger partial charge in [-0.05, 0) is 40.5 Å². The standard InChI is InChI=1S/C25H19N3O4/c29-24(30)22-13-14-28(27-22)23-12-6-5-11-21(23)26-25(31)32-15-20-18-9-3-1-7-16(18)17-8-2-4-10-19(17)20/h1-14,20H,15H2,(H,26,31)(H,29,30). The molecule has 1 amide bonds. The van der Waals surface area contributed by atoms with E-state index in [4.69, 9.17) is 9.84 Å². The first-order chi connectivity index (χ1) is 15.6. The SMILES string of the molecule is O=C(Nc1ccccc1-n1ccc(C(=O)O)n1)OCC1c2ccccc2-c2ccccc21. The van der Waals surface area contributed by atoms with Gasteiger partial charge in [-0.25, -0.2) is 14.3 Å². The highest BCUT2D eigenvalue weighted by molar-refractivity contribution is 5.88. The van der Waals surface area contributed by atoms with Crippen LogP contribution in [0.3, 0.4) is 0 Å². The molecule has 0 bridgehead atoms. The van der Waals surface area contributed by atoms with Crippen LogP contribution in [0.25, 0.3) is 16.8 Å². The summed E-state index contributed by atoms with van der Waals surface area (Å²) in [5.74, 6) is -1.15. The van der Waals surface area contributed by atoms with Crippen LogP contribution in [-0.2, 0) is 4.74 Å². The molecule has 0 aliphatic heterocycles. The Kier molecular flexibility index (Phi) is 4.91. The number of carboxylic acid groups (broad SMARTS) is 1. The summed E-state index contributed by atoms with van der Waals surface area (Å²) >= 11 is 0. The van der Waals surface area contributed by atoms with E-state index in [-0.39, 0.29) is 18.2 Å². The van der Waals surface area contributed by atoms with Crippen molar-refractivity contribution >= 4 is 17.7 Å². The summed E-state index contributed by atoms with van der Waals surface area (Å²) in [6.45, 7) is 0.201. The second-order valence-corrected chi connectivity index (χ2v) is 7.42. The molecule has 1 heterocycles. The Hall–Kier alpha value is -4.39. The fourth-order valence-corrected chi connectivity index (χ4v) is 4.10. The lowest BCUT2D eigenvalue weighted by molar-refractivity contribution is 0.0690. The van der Waals surface area contributed by atoms with Crippen LogP contribution in [0, 0.1) is 0 Å². The minimum absolute atomic E-state index is 0.0346. The largest absolute Gasteiger partial charge is 0.476 e. The zero-order valence-electron chi connectivity index (χ0n) is 16.9. The van der Waals surface area contributed by atoms with Gasteiger partial charge in [0, 0.05) is 12.1 Å². The molecule has 5 rings (SSSR count). The maximum atomic E-state index is 12.6. The van der Waals surface area contributed by atoms with E-state index in [1.165, 1.54) is 16.9 Å². The van der Waals surface area contributed by atoms with Gasteiger partial charge in [0.1, 0.15) is 6.61 Å². The third-order valence-electron chi connectivity index (χ3n) is 5.54. The zero-order chi connectivity index (χ0) is 22.1. The van der Waals surface area contributed by atoms with E-state index >= 15 is 0 Å². The van der Waals surface area contributed by atoms with Crippen LogP contribution in [0.4, 0.5) is 10.5 Å². The number of hydrogen-bond acceptors (Lipinski definition) is 4. The Morgan fingerprint density at radius 2 is 1.53 bits per heavy atom. The van der Waals surface area contributed by atoms with Gasteiger partial charge in [-0.15, -0.1) is 0 Å². The van der Waals surface area contributed by atoms with Crippen LogP contribution in [-0.4, -0.2) is 33.6 Å². The number of carboxylic acids is 1. The highest BCUT2D eigenvalue weighted by Gasteiger charge is 2.29. The van der Waals surface area contributed by atoms with Crippen molar-refractivity contribution in [3.8, 4) is 16.8 Å². The number of carbonyl (C=O) groups is 2. The van der Waals surface area contributed by atoms with Gasteiger partial charge in [0.05, 0.1) is 11.4 Å². The molecule has 2 N–H and O–H groups in total. The molecule has 0 spiro atoms. The molecule has 158 valence electrons. The Morgan fingerprint density at radius 3 is 2.19 bits per heavy atom. The topological polar surface area (TPSA) is 93.5 Å². The molecule has 0 fully saturated rings. The average Bonchev–Trinajstić information content (AvgIpc) is 3.42. The molecular weight excluding hydrogens is 406 g/mol. The highest BCUT2D eigenvalue weighted by atomic mass is 16.5. The third-order valence-corrected chi connectivity index (χ3v) is 5.54. The molecule has 1 aliphatic carbocycles. The van der Waals surface area contributed by atoms with Crippen molar-refractivity contribution in [1.82, 2.24) is 9.78 Å². The fourth-order valence-electron chi connectivity index (χ4n) is 4.10. The normalized spacial score (nSPS) is 12.1. The van der Waals surface area contributed by atoms with Gasteiger partial charge in [-0.1, -0.05) is 60.7 Å². The number of anilines is 1. The molecule has 1 aromatic heterocycles. The molecule has 32 heavy (non-hydrogen) atoms. The number of rotatable bonds is 5. The highest BCUT2D eigenvalue weighted by Crippen LogP contribution is 2.44. The van der Waals surface area contributed by atoms with Crippen molar-refractivity contribution in [3.63, 3.8) is 0 Å². The molecule has 0 atom stereocenters. The second-order valence-electron chi connectivity index (χ2n) is 7.42. The molecule has 7 heteroatoms. The Balaban J connectivity index is 1.33. The zero-order valence-corrected chi connectivity index (χ0v) is 16.9. The number of aromatic nitrogens is 2. The number of ether oxygens (including phenoxy) is 1. The van der Waals surface area contributed by atoms with Crippen LogP contribution in [0.1, 0.15) is 27.5 Å². The predicted molar refractivity (Wildman–Crippen MR) is 119 cm³/mol. The third kappa shape index (κ3) is 3.50. The minimum Gasteiger partial charge on any atom is -0.476 e. The van der Waals surface area contributed by atoms with Gasteiger partial charge in [0.15, 0.2) is 5.69 Å². The van der Waals surface area contributed by atoms with Gasteiger partial charge < -0.3 is 9.84 Å². The average molecular weight is 425 g/mol. The molecule has 7 nitrogen and oxygen atoms in total. The molecule has 3 aromatic carbocycles. The van der Waals surface area contributed by atoms with Crippen molar-refractivity contribution < 1.29 is 19.4 Å². The summed E-state index contributed by atoms with van der Waals surface area (Å²) in [4.78, 5) is 23.8. The number of nitrogens with zero attached hydrogens (tertiary/aromatic N) is 2. The smallest absolute Gasteiger partial charge is 0.411 e. The van der Waals surface area contributed by atoms with Gasteiger partial charge in [0.25, 0.3) is 0 Å². The lowest BCUT2D eigenvalue weighted by Crippen LogP contribution is -2.19. The van der Waals surface area contributed by atoms with Crippen molar-refractivity contribution in [2.75, 3.05) is 11.9 Å². The molecule has 0 unspecified atom stereocenters. The quantitative estimate of drug-likeness (QED) is 0.473. The van der Waals surface area contributed by atoms with Gasteiger partial charge in [-0.2, -0.15) is 5.10 Å². The van der Waals surface area contributed by atoms with E-state index in [1.54, 1.807) is 24.3 Å². The van der Waals surface area contributed by atoms with Gasteiger partial charge in [-0.3, -0.25) is 5.32 Å². The molecule has 0 radical (unpaired) electrons. The van der Waals surface area contributed by atoms with Crippen LogP contribution in [0.15, 0.2) is 85.1 Å². The van der Waals surface area contributed by atoms with Crippen LogP contribution in [0.5, 0.6) is 0 Å². The summed E-state index contributed by atoms with van der Waals surface area (Å²) < 4.78 is 7.01. The Labute approximate surface area is 183 Å². The van der Waals surface area contributed by atoms with Gasteiger partial charge >= 0.3 is 12.1 Å². The van der Waals surface area contributed by atoms with Crippen molar-refractivity contribution in [3.05, 3.63) is 102 Å². The fraction of sp³-hybridized carbons (Fsp3) is 0.0800. The number of nitrogens with one attached hydrogen (secondary N) is 1. The maximum absolute atomic E-state index is 12.6. The van der Waals surface area contributed by atoms with E-state index in [0.717, 1.165) is 22.3 Å². The molecule has 4 aromatic rings. The van der Waals surface area contributed by atoms with E-state index < -0.39 is 12.1 Å². The predicted octanol–water partition coefficient (Wildman–Crippen LogP) is 4.93. The van der Waals surface area contributed by atoms with E-state index in [2.05, 4.69) is 34.7 Å². The summed E-state index contributed by atoms with van der Waals surface area (Å²) in [7, 11) is 0. The maximum Gasteiger partial charge on any atom is 0.411 e. The van der Waals surface area contributed by atoms with Gasteiger partial charge in [0.2, 0.25) is 0 Å². The first-order valence-corrected chi connectivity index (χ1v) is 10.1. The number of aromatic carboxylic acids is 1. The lowest BCUT2D eigenvalue weighted by atomic mass is 9.98. The number of benzene rings is 3. The lowest BCUT2D eigenvalue weighted by Gasteiger charge is -2.15. The van der Waals surface area contributed by atoms with E-state index in [1.807, 2.05) is 24.3 Å². The summed E-state index contributed by atoms with van der Waals surface area (Å²) in [5, 5.41) is 15.9. The molecule has 1 aliphatic rings. The summed E-state index contributed by atoms with van der Waals surface area (Å²) in [5.41, 5.74) is 5.52. The Morgan fingerprint density at radius 1 is 0.906 bits per heavy atom. The van der Waals surface area contributed by atoms with Crippen molar-refractivity contribution in [2.24, 2.45) is 0 Å². The van der Waals surface area contributed by atoms with Crippen LogP contribution < -0.4 is 5.32 Å². The monoisotopic (exact) mass is 425 g/mol. The molecule has 0 saturated heterocycles. The van der Waals surface area contributed by atoms with Crippen LogP contribution in [0.2, 0.25) is 0 Å².